The van der Waals surface area contributed by atoms with Gasteiger partial charge < -0.3 is 9.84 Å². The number of halogens is 5. The van der Waals surface area contributed by atoms with Crippen LogP contribution in [0.15, 0.2) is 18.2 Å². The van der Waals surface area contributed by atoms with Crippen molar-refractivity contribution in [3.05, 3.63) is 34.6 Å². The van der Waals surface area contributed by atoms with Crippen molar-refractivity contribution in [3.8, 4) is 0 Å². The van der Waals surface area contributed by atoms with Gasteiger partial charge in [0.15, 0.2) is 6.10 Å². The molecule has 0 heterocycles. The second-order valence-electron chi connectivity index (χ2n) is 3.26. The average Bonchev–Trinajstić information content (AvgIpc) is 2.20. The van der Waals surface area contributed by atoms with E-state index in [4.69, 9.17) is 16.7 Å². The van der Waals surface area contributed by atoms with E-state index in [1.165, 1.54) is 0 Å². The van der Waals surface area contributed by atoms with E-state index < -0.39 is 41.3 Å². The molecule has 1 rings (SSSR count). The molecule has 1 N–H and O–H groups in total. The number of carboxylic acid groups (broad SMARTS) is 1. The van der Waals surface area contributed by atoms with Crippen LogP contribution in [0.4, 0.5) is 17.6 Å². The first-order chi connectivity index (χ1) is 8.23. The highest BCUT2D eigenvalue weighted by molar-refractivity contribution is 6.31. The third kappa shape index (κ3) is 3.58. The number of alkyl halides is 3. The topological polar surface area (TPSA) is 46.5 Å². The molecule has 100 valence electrons. The monoisotopic (exact) mass is 286 g/mol. The van der Waals surface area contributed by atoms with Gasteiger partial charge in [0.1, 0.15) is 12.4 Å². The molecule has 0 saturated carbocycles. The number of hydrogen-bond acceptors (Lipinski definition) is 2. The third-order valence-electron chi connectivity index (χ3n) is 1.93. The van der Waals surface area contributed by atoms with Gasteiger partial charge in [-0.25, -0.2) is 9.18 Å². The Balaban J connectivity index is 3.14. The van der Waals surface area contributed by atoms with E-state index in [-0.39, 0.29) is 0 Å². The zero-order valence-corrected chi connectivity index (χ0v) is 9.43. The normalized spacial score (nSPS) is 13.4. The fourth-order valence-corrected chi connectivity index (χ4v) is 1.52. The minimum atomic E-state index is -4.97. The predicted octanol–water partition coefficient (Wildman–Crippen LogP) is 3.18. The smallest absolute Gasteiger partial charge is 0.419 e. The van der Waals surface area contributed by atoms with Gasteiger partial charge in [-0.3, -0.25) is 0 Å². The van der Waals surface area contributed by atoms with Crippen molar-refractivity contribution in [2.24, 2.45) is 0 Å². The molecule has 0 aliphatic carbocycles. The van der Waals surface area contributed by atoms with Gasteiger partial charge in [0, 0.05) is 10.6 Å². The lowest BCUT2D eigenvalue weighted by molar-refractivity contribution is -0.225. The van der Waals surface area contributed by atoms with Crippen molar-refractivity contribution in [2.75, 3.05) is 6.61 Å². The molecule has 0 unspecified atom stereocenters. The van der Waals surface area contributed by atoms with Crippen LogP contribution in [-0.4, -0.2) is 23.9 Å². The number of benzene rings is 1. The molecular weight excluding hydrogens is 280 g/mol. The van der Waals surface area contributed by atoms with E-state index >= 15 is 0 Å². The highest BCUT2D eigenvalue weighted by Gasteiger charge is 2.44. The Morgan fingerprint density at radius 3 is 2.50 bits per heavy atom. The summed E-state index contributed by atoms with van der Waals surface area (Å²) in [5, 5.41) is 7.81. The molecule has 1 aromatic carbocycles. The lowest BCUT2D eigenvalue weighted by Gasteiger charge is -2.21. The highest BCUT2D eigenvalue weighted by atomic mass is 35.5. The van der Waals surface area contributed by atoms with Gasteiger partial charge in [-0.05, 0) is 12.1 Å². The average molecular weight is 287 g/mol. The second kappa shape index (κ2) is 5.53. The second-order valence-corrected chi connectivity index (χ2v) is 3.67. The molecule has 18 heavy (non-hydrogen) atoms. The maximum atomic E-state index is 13.3. The van der Waals surface area contributed by atoms with Crippen LogP contribution in [0.3, 0.4) is 0 Å². The van der Waals surface area contributed by atoms with Crippen molar-refractivity contribution in [1.29, 1.82) is 0 Å². The van der Waals surface area contributed by atoms with Crippen LogP contribution < -0.4 is 0 Å². The van der Waals surface area contributed by atoms with Crippen LogP contribution in [0.2, 0.25) is 5.02 Å². The molecule has 0 aliphatic rings. The Morgan fingerprint density at radius 1 is 1.44 bits per heavy atom. The summed E-state index contributed by atoms with van der Waals surface area (Å²) in [6.45, 7) is -1.21. The zero-order chi connectivity index (χ0) is 13.9. The summed E-state index contributed by atoms with van der Waals surface area (Å²) in [4.78, 5) is 10.2. The van der Waals surface area contributed by atoms with Crippen LogP contribution in [0, 0.1) is 5.82 Å². The first-order valence-corrected chi connectivity index (χ1v) is 4.95. The number of ether oxygens (including phenoxy) is 1. The number of aliphatic carboxylic acids is 1. The first-order valence-electron chi connectivity index (χ1n) is 4.57. The Kier molecular flexibility index (Phi) is 4.53. The van der Waals surface area contributed by atoms with Crippen molar-refractivity contribution in [2.45, 2.75) is 12.3 Å². The van der Waals surface area contributed by atoms with E-state index in [0.29, 0.717) is 0 Å². The molecule has 0 radical (unpaired) electrons. The summed E-state index contributed by atoms with van der Waals surface area (Å²) >= 11 is 5.48. The largest absolute Gasteiger partial charge is 0.480 e. The van der Waals surface area contributed by atoms with Crippen molar-refractivity contribution in [1.82, 2.24) is 0 Å². The molecular formula is C10H7ClF4O3. The molecule has 0 bridgehead atoms. The van der Waals surface area contributed by atoms with Crippen LogP contribution in [0.25, 0.3) is 0 Å². The summed E-state index contributed by atoms with van der Waals surface area (Å²) in [5.74, 6) is -2.81. The molecule has 0 aromatic heterocycles. The van der Waals surface area contributed by atoms with Gasteiger partial charge in [0.2, 0.25) is 0 Å². The summed E-state index contributed by atoms with van der Waals surface area (Å²) in [6, 6.07) is 2.97. The summed E-state index contributed by atoms with van der Waals surface area (Å²) in [6.07, 6.45) is -7.69. The minimum absolute atomic E-state index is 0.484. The van der Waals surface area contributed by atoms with Crippen molar-refractivity contribution < 1.29 is 32.2 Å². The number of carbonyl (C=O) groups is 1. The summed E-state index contributed by atoms with van der Waals surface area (Å²) in [7, 11) is 0. The fourth-order valence-electron chi connectivity index (χ4n) is 1.26. The maximum absolute atomic E-state index is 13.3. The third-order valence-corrected chi connectivity index (χ3v) is 2.26. The number of rotatable bonds is 4. The van der Waals surface area contributed by atoms with Crippen LogP contribution in [-0.2, 0) is 9.53 Å². The molecule has 0 saturated heterocycles. The quantitative estimate of drug-likeness (QED) is 0.865. The molecule has 0 amide bonds. The fraction of sp³-hybridized carbons (Fsp3) is 0.300. The number of hydrogen-bond donors (Lipinski definition) is 1. The lowest BCUT2D eigenvalue weighted by atomic mass is 10.1. The Hall–Kier alpha value is -1.34. The van der Waals surface area contributed by atoms with E-state index in [2.05, 4.69) is 4.74 Å². The van der Waals surface area contributed by atoms with Gasteiger partial charge in [0.05, 0.1) is 0 Å². The van der Waals surface area contributed by atoms with Crippen LogP contribution in [0.1, 0.15) is 11.7 Å². The standard InChI is InChI=1S/C10H7ClF4O3/c11-5-2-1-3-6(12)8(5)9(10(13,14)15)18-4-7(16)17/h1-3,9H,4H2,(H,16,17)/t9-/m0/s1. The SMILES string of the molecule is O=C(O)CO[C@@H](c1c(F)cccc1Cl)C(F)(F)F. The number of carboxylic acids is 1. The molecule has 8 heteroatoms. The van der Waals surface area contributed by atoms with E-state index in [0.717, 1.165) is 18.2 Å². The van der Waals surface area contributed by atoms with Crippen LogP contribution >= 0.6 is 11.6 Å². The van der Waals surface area contributed by atoms with Crippen LogP contribution in [0.5, 0.6) is 0 Å². The Labute approximate surface area is 104 Å². The summed E-state index contributed by atoms with van der Waals surface area (Å²) in [5.41, 5.74) is -0.923. The highest BCUT2D eigenvalue weighted by Crippen LogP contribution is 2.40. The van der Waals surface area contributed by atoms with E-state index in [1.54, 1.807) is 0 Å². The van der Waals surface area contributed by atoms with E-state index in [1.807, 2.05) is 0 Å². The lowest BCUT2D eigenvalue weighted by Crippen LogP contribution is -2.27. The molecule has 0 spiro atoms. The predicted molar refractivity (Wildman–Crippen MR) is 53.8 cm³/mol. The van der Waals surface area contributed by atoms with Gasteiger partial charge in [0.25, 0.3) is 0 Å². The minimum Gasteiger partial charge on any atom is -0.480 e. The molecule has 1 aromatic rings. The maximum Gasteiger partial charge on any atom is 0.419 e. The Bertz CT molecular complexity index is 427. The van der Waals surface area contributed by atoms with Gasteiger partial charge in [-0.15, -0.1) is 0 Å². The van der Waals surface area contributed by atoms with Gasteiger partial charge in [-0.1, -0.05) is 17.7 Å². The first kappa shape index (κ1) is 14.7. The molecule has 3 nitrogen and oxygen atoms in total. The summed E-state index contributed by atoms with van der Waals surface area (Å²) < 4.78 is 55.5. The van der Waals surface area contributed by atoms with Crippen molar-refractivity contribution >= 4 is 17.6 Å². The van der Waals surface area contributed by atoms with Gasteiger partial charge >= 0.3 is 12.1 Å². The van der Waals surface area contributed by atoms with Gasteiger partial charge in [-0.2, -0.15) is 13.2 Å². The van der Waals surface area contributed by atoms with Crippen molar-refractivity contribution in [3.63, 3.8) is 0 Å². The Morgan fingerprint density at radius 2 is 2.06 bits per heavy atom. The molecule has 1 atom stereocenters. The zero-order valence-electron chi connectivity index (χ0n) is 8.67. The molecule has 0 fully saturated rings. The molecule has 0 aliphatic heterocycles. The van der Waals surface area contributed by atoms with E-state index in [9.17, 15) is 22.4 Å².